The summed E-state index contributed by atoms with van der Waals surface area (Å²) in [7, 11) is 3.37. The highest BCUT2D eigenvalue weighted by atomic mass is 16.2. The van der Waals surface area contributed by atoms with Gasteiger partial charge in [0.25, 0.3) is 0 Å². The van der Waals surface area contributed by atoms with Gasteiger partial charge in [-0.25, -0.2) is 0 Å². The fraction of sp³-hybridized carbons (Fsp3) is 0.625. The normalized spacial score (nSPS) is 11.8. The first-order valence-corrected chi connectivity index (χ1v) is 3.26. The maximum absolute atomic E-state index is 11.0. The molecule has 2 heteroatoms. The zero-order valence-electron chi connectivity index (χ0n) is 6.64. The highest BCUT2D eigenvalue weighted by Gasteiger charge is 2.14. The molecule has 0 aliphatic carbocycles. The lowest BCUT2D eigenvalue weighted by atomic mass is 10.1. The Balaban J connectivity index is 4.06. The summed E-state index contributed by atoms with van der Waals surface area (Å²) >= 11 is 0. The molecule has 0 bridgehead atoms. The molecule has 2 nitrogen and oxygen atoms in total. The Labute approximate surface area is 62.2 Å². The van der Waals surface area contributed by atoms with E-state index in [9.17, 15) is 4.79 Å². The molecule has 0 aromatic carbocycles. The van der Waals surface area contributed by atoms with E-state index in [1.807, 2.05) is 6.92 Å². The minimum atomic E-state index is -0.352. The zero-order valence-corrected chi connectivity index (χ0v) is 6.64. The largest absolute Gasteiger partial charge is 0.348 e. The summed E-state index contributed by atoms with van der Waals surface area (Å²) in [4.78, 5) is 12.5. The molecule has 0 rings (SSSR count). The highest BCUT2D eigenvalue weighted by Crippen LogP contribution is 2.02. The second-order valence-electron chi connectivity index (χ2n) is 2.34. The van der Waals surface area contributed by atoms with Crippen molar-refractivity contribution in [2.45, 2.75) is 13.3 Å². The Morgan fingerprint density at radius 3 is 2.30 bits per heavy atom. The van der Waals surface area contributed by atoms with Gasteiger partial charge in [-0.2, -0.15) is 0 Å². The van der Waals surface area contributed by atoms with E-state index in [0.717, 1.165) is 0 Å². The number of nitrogens with zero attached hydrogens (tertiary/aromatic N) is 1. The van der Waals surface area contributed by atoms with Gasteiger partial charge in [0.15, 0.2) is 0 Å². The molecule has 55 valence electrons. The fourth-order valence-corrected chi connectivity index (χ4v) is 0.650. The van der Waals surface area contributed by atoms with Crippen LogP contribution in [0.15, 0.2) is 0 Å². The molecule has 0 N–H and O–H groups in total. The first-order valence-electron chi connectivity index (χ1n) is 3.26. The van der Waals surface area contributed by atoms with Crippen LogP contribution in [0.4, 0.5) is 0 Å². The second kappa shape index (κ2) is 3.94. The van der Waals surface area contributed by atoms with Gasteiger partial charge in [0.05, 0.1) is 5.92 Å². The first kappa shape index (κ1) is 9.03. The Hall–Kier alpha value is -0.970. The van der Waals surface area contributed by atoms with Crippen LogP contribution in [0.5, 0.6) is 0 Å². The monoisotopic (exact) mass is 138 g/mol. The predicted octanol–water partition coefficient (Wildman–Crippen LogP) is 0.691. The quantitative estimate of drug-likeness (QED) is 0.514. The van der Waals surface area contributed by atoms with Gasteiger partial charge in [0.2, 0.25) is 5.91 Å². The molecule has 0 saturated carbocycles. The molecular weight excluding hydrogens is 126 g/mol. The van der Waals surface area contributed by atoms with Crippen LogP contribution in [-0.4, -0.2) is 24.9 Å². The Morgan fingerprint density at radius 2 is 2.20 bits per heavy atom. The summed E-state index contributed by atoms with van der Waals surface area (Å²) in [5, 5.41) is 0. The molecule has 1 unspecified atom stereocenters. The maximum Gasteiger partial charge on any atom is 0.237 e. The average Bonchev–Trinajstić information content (AvgIpc) is 1.90. The summed E-state index contributed by atoms with van der Waals surface area (Å²) in [6, 6.07) is 0. The van der Waals surface area contributed by atoms with Crippen LogP contribution in [-0.2, 0) is 4.79 Å². The van der Waals surface area contributed by atoms with Crippen molar-refractivity contribution in [1.82, 2.24) is 4.90 Å². The van der Waals surface area contributed by atoms with Crippen LogP contribution < -0.4 is 0 Å². The van der Waals surface area contributed by atoms with E-state index in [1.54, 1.807) is 14.1 Å². The van der Waals surface area contributed by atoms with Gasteiger partial charge < -0.3 is 4.90 Å². The van der Waals surface area contributed by atoms with Crippen LogP contribution in [0, 0.1) is 18.3 Å². The van der Waals surface area contributed by atoms with Gasteiger partial charge in [-0.15, -0.1) is 0 Å². The van der Waals surface area contributed by atoms with Crippen molar-refractivity contribution in [3.8, 4) is 5.92 Å². The average molecular weight is 138 g/mol. The molecule has 1 radical (unpaired) electrons. The number of hydrogen-bond acceptors (Lipinski definition) is 1. The third-order valence-electron chi connectivity index (χ3n) is 1.32. The molecule has 0 aromatic rings. The number of rotatable bonds is 2. The third-order valence-corrected chi connectivity index (χ3v) is 1.32. The molecular formula is C8H12NO. The summed E-state index contributed by atoms with van der Waals surface area (Å²) in [6.45, 7) is 1.87. The van der Waals surface area contributed by atoms with Gasteiger partial charge in [-0.3, -0.25) is 4.79 Å². The molecule has 0 aliphatic rings. The number of carbonyl (C=O) groups excluding carboxylic acids is 1. The van der Waals surface area contributed by atoms with E-state index >= 15 is 0 Å². The van der Waals surface area contributed by atoms with Crippen LogP contribution in [0.25, 0.3) is 0 Å². The van der Waals surface area contributed by atoms with E-state index in [2.05, 4.69) is 5.92 Å². The standard InChI is InChI=1S/C8H12NO/c1-5-7(6-2)8(10)9(3)4/h7H,5H2,1,3-4H3. The van der Waals surface area contributed by atoms with Crippen LogP contribution >= 0.6 is 0 Å². The molecule has 1 amide bonds. The fourth-order valence-electron chi connectivity index (χ4n) is 0.650. The summed E-state index contributed by atoms with van der Waals surface area (Å²) in [5.41, 5.74) is 0. The van der Waals surface area contributed by atoms with Crippen molar-refractivity contribution in [3.63, 3.8) is 0 Å². The number of amides is 1. The van der Waals surface area contributed by atoms with Gasteiger partial charge in [-0.05, 0) is 12.8 Å². The van der Waals surface area contributed by atoms with Crippen molar-refractivity contribution in [2.24, 2.45) is 5.92 Å². The number of carbonyl (C=O) groups is 1. The van der Waals surface area contributed by atoms with Gasteiger partial charge in [-0.1, -0.05) is 12.8 Å². The third kappa shape index (κ3) is 2.10. The molecule has 0 heterocycles. The van der Waals surface area contributed by atoms with Gasteiger partial charge in [0.1, 0.15) is 0 Å². The second-order valence-corrected chi connectivity index (χ2v) is 2.34. The minimum absolute atomic E-state index is 0.0440. The van der Waals surface area contributed by atoms with Crippen LogP contribution in [0.2, 0.25) is 0 Å². The summed E-state index contributed by atoms with van der Waals surface area (Å²) in [6.07, 6.45) is 7.44. The molecule has 1 atom stereocenters. The Morgan fingerprint density at radius 1 is 1.70 bits per heavy atom. The zero-order chi connectivity index (χ0) is 8.15. The van der Waals surface area contributed by atoms with E-state index in [1.165, 1.54) is 4.90 Å². The number of hydrogen-bond donors (Lipinski definition) is 0. The van der Waals surface area contributed by atoms with Gasteiger partial charge in [0, 0.05) is 14.1 Å². The lowest BCUT2D eigenvalue weighted by Gasteiger charge is -2.13. The van der Waals surface area contributed by atoms with E-state index in [4.69, 9.17) is 6.42 Å². The maximum atomic E-state index is 11.0. The molecule has 0 spiro atoms. The lowest BCUT2D eigenvalue weighted by Crippen LogP contribution is -2.28. The lowest BCUT2D eigenvalue weighted by molar-refractivity contribution is -0.131. The molecule has 0 saturated heterocycles. The highest BCUT2D eigenvalue weighted by molar-refractivity contribution is 5.80. The van der Waals surface area contributed by atoms with E-state index < -0.39 is 0 Å². The topological polar surface area (TPSA) is 20.3 Å². The Bertz CT molecular complexity index is 155. The van der Waals surface area contributed by atoms with Crippen molar-refractivity contribution < 1.29 is 4.79 Å². The minimum Gasteiger partial charge on any atom is -0.348 e. The van der Waals surface area contributed by atoms with Crippen molar-refractivity contribution in [2.75, 3.05) is 14.1 Å². The van der Waals surface area contributed by atoms with Crippen molar-refractivity contribution in [3.05, 3.63) is 6.42 Å². The molecule has 0 aromatic heterocycles. The van der Waals surface area contributed by atoms with Crippen molar-refractivity contribution >= 4 is 5.91 Å². The van der Waals surface area contributed by atoms with E-state index in [-0.39, 0.29) is 11.8 Å². The summed E-state index contributed by atoms with van der Waals surface area (Å²) in [5.74, 6) is 1.80. The molecule has 0 aliphatic heterocycles. The van der Waals surface area contributed by atoms with E-state index in [0.29, 0.717) is 6.42 Å². The van der Waals surface area contributed by atoms with Crippen molar-refractivity contribution in [1.29, 1.82) is 0 Å². The SMILES string of the molecule is [C]#CC(CC)C(=O)N(C)C. The predicted molar refractivity (Wildman–Crippen MR) is 39.6 cm³/mol. The van der Waals surface area contributed by atoms with Crippen LogP contribution in [0.3, 0.4) is 0 Å². The molecule has 10 heavy (non-hydrogen) atoms. The smallest absolute Gasteiger partial charge is 0.237 e. The van der Waals surface area contributed by atoms with Crippen LogP contribution in [0.1, 0.15) is 13.3 Å². The summed E-state index contributed by atoms with van der Waals surface area (Å²) < 4.78 is 0. The first-order chi connectivity index (χ1) is 4.63. The Kier molecular flexibility index (Phi) is 3.56. The van der Waals surface area contributed by atoms with Gasteiger partial charge >= 0.3 is 0 Å². The molecule has 0 fully saturated rings.